The van der Waals surface area contributed by atoms with E-state index in [-0.39, 0.29) is 11.1 Å². The molecule has 1 fully saturated rings. The number of aliphatic hydroxyl groups is 1. The van der Waals surface area contributed by atoms with Crippen molar-refractivity contribution in [3.63, 3.8) is 0 Å². The first-order valence-electron chi connectivity index (χ1n) is 10.8. The minimum atomic E-state index is -0.913. The number of carbonyl (C=O) groups excluding carboxylic acids is 3. The summed E-state index contributed by atoms with van der Waals surface area (Å²) in [4.78, 5) is 39.6. The fraction of sp³-hybridized carbons (Fsp3) is 0.148. The molecule has 3 aromatic carbocycles. The molecule has 1 saturated heterocycles. The van der Waals surface area contributed by atoms with Crippen molar-refractivity contribution in [3.05, 3.63) is 107 Å². The largest absolute Gasteiger partial charge is 0.507 e. The number of esters is 1. The second kappa shape index (κ2) is 9.70. The maximum absolute atomic E-state index is 13.4. The molecule has 1 atom stereocenters. The Bertz CT molecular complexity index is 1250. The lowest BCUT2D eigenvalue weighted by Crippen LogP contribution is -2.29. The van der Waals surface area contributed by atoms with Crippen molar-refractivity contribution >= 4 is 29.1 Å². The molecular formula is C27H22FNO5. The number of ketones is 1. The first kappa shape index (κ1) is 22.9. The number of halogens is 1. The first-order valence-corrected chi connectivity index (χ1v) is 10.8. The molecule has 6 nitrogen and oxygen atoms in total. The van der Waals surface area contributed by atoms with Crippen LogP contribution >= 0.6 is 0 Å². The summed E-state index contributed by atoms with van der Waals surface area (Å²) in [6.07, 6.45) is 0.694. The van der Waals surface area contributed by atoms with Gasteiger partial charge in [0.05, 0.1) is 23.8 Å². The molecule has 0 aliphatic carbocycles. The smallest absolute Gasteiger partial charge is 0.338 e. The molecule has 3 aromatic rings. The summed E-state index contributed by atoms with van der Waals surface area (Å²) in [5, 5.41) is 11.0. The van der Waals surface area contributed by atoms with E-state index in [2.05, 4.69) is 0 Å². The molecule has 0 bridgehead atoms. The number of rotatable bonds is 6. The Morgan fingerprint density at radius 2 is 1.56 bits per heavy atom. The highest BCUT2D eigenvalue weighted by atomic mass is 19.1. The molecule has 1 aliphatic heterocycles. The number of anilines is 1. The number of aliphatic hydroxyl groups excluding tert-OH is 1. The normalized spacial score (nSPS) is 17.1. The lowest BCUT2D eigenvalue weighted by atomic mass is 9.95. The van der Waals surface area contributed by atoms with Crippen LogP contribution in [0.2, 0.25) is 0 Å². The zero-order valence-electron chi connectivity index (χ0n) is 18.4. The van der Waals surface area contributed by atoms with Crippen molar-refractivity contribution in [1.29, 1.82) is 0 Å². The van der Waals surface area contributed by atoms with Crippen molar-refractivity contribution in [3.8, 4) is 0 Å². The van der Waals surface area contributed by atoms with E-state index in [0.29, 0.717) is 29.8 Å². The van der Waals surface area contributed by atoms with E-state index in [1.165, 1.54) is 41.3 Å². The average Bonchev–Trinajstić information content (AvgIpc) is 3.13. The number of amides is 1. The number of hydrogen-bond acceptors (Lipinski definition) is 5. The highest BCUT2D eigenvalue weighted by Gasteiger charge is 2.46. The monoisotopic (exact) mass is 459 g/mol. The summed E-state index contributed by atoms with van der Waals surface area (Å²) >= 11 is 0. The molecular weight excluding hydrogens is 437 g/mol. The number of hydrogen-bond donors (Lipinski definition) is 1. The van der Waals surface area contributed by atoms with Crippen LogP contribution in [0.15, 0.2) is 84.4 Å². The van der Waals surface area contributed by atoms with Gasteiger partial charge in [0.15, 0.2) is 0 Å². The Balaban J connectivity index is 1.80. The van der Waals surface area contributed by atoms with Gasteiger partial charge in [0.25, 0.3) is 11.7 Å². The van der Waals surface area contributed by atoms with Gasteiger partial charge in [0.2, 0.25) is 0 Å². The molecule has 0 radical (unpaired) electrons. The molecule has 0 aromatic heterocycles. The van der Waals surface area contributed by atoms with E-state index >= 15 is 0 Å². The summed E-state index contributed by atoms with van der Waals surface area (Å²) < 4.78 is 18.5. The second-order valence-corrected chi connectivity index (χ2v) is 7.77. The Hall–Kier alpha value is -4.26. The number of ether oxygens (including phenoxy) is 1. The van der Waals surface area contributed by atoms with E-state index in [0.717, 1.165) is 0 Å². The van der Waals surface area contributed by atoms with Crippen molar-refractivity contribution in [2.24, 2.45) is 0 Å². The fourth-order valence-electron chi connectivity index (χ4n) is 3.85. The van der Waals surface area contributed by atoms with Crippen LogP contribution in [0.25, 0.3) is 5.76 Å². The molecule has 7 heteroatoms. The Morgan fingerprint density at radius 1 is 0.941 bits per heavy atom. The Kier molecular flexibility index (Phi) is 6.54. The van der Waals surface area contributed by atoms with Gasteiger partial charge >= 0.3 is 5.97 Å². The molecule has 172 valence electrons. The average molecular weight is 459 g/mol. The molecule has 0 spiro atoms. The van der Waals surface area contributed by atoms with Gasteiger partial charge < -0.3 is 9.84 Å². The van der Waals surface area contributed by atoms with Crippen molar-refractivity contribution in [1.82, 2.24) is 0 Å². The van der Waals surface area contributed by atoms with E-state index in [9.17, 15) is 23.9 Å². The second-order valence-electron chi connectivity index (χ2n) is 7.77. The lowest BCUT2D eigenvalue weighted by Gasteiger charge is -2.25. The van der Waals surface area contributed by atoms with E-state index in [1.807, 2.05) is 6.92 Å². The minimum absolute atomic E-state index is 0.103. The van der Waals surface area contributed by atoms with Gasteiger partial charge in [0.1, 0.15) is 11.6 Å². The third-order valence-corrected chi connectivity index (χ3v) is 5.50. The number of carbonyl (C=O) groups is 3. The summed E-state index contributed by atoms with van der Waals surface area (Å²) in [5.41, 5.74) is 1.41. The van der Waals surface area contributed by atoms with Gasteiger partial charge in [0, 0.05) is 11.3 Å². The molecule has 34 heavy (non-hydrogen) atoms. The first-order chi connectivity index (χ1) is 16.4. The van der Waals surface area contributed by atoms with Crippen LogP contribution in [0.3, 0.4) is 0 Å². The van der Waals surface area contributed by atoms with Crippen molar-refractivity contribution in [2.75, 3.05) is 11.5 Å². The van der Waals surface area contributed by atoms with Crippen molar-refractivity contribution < 1.29 is 28.6 Å². The van der Waals surface area contributed by atoms with Gasteiger partial charge in [-0.25, -0.2) is 9.18 Å². The van der Waals surface area contributed by atoms with E-state index in [4.69, 9.17) is 4.74 Å². The molecule has 1 aliphatic rings. The van der Waals surface area contributed by atoms with E-state index < -0.39 is 35.3 Å². The summed E-state index contributed by atoms with van der Waals surface area (Å²) in [5.74, 6) is -3.05. The van der Waals surface area contributed by atoms with Gasteiger partial charge in [-0.2, -0.15) is 0 Å². The molecule has 1 unspecified atom stereocenters. The third-order valence-electron chi connectivity index (χ3n) is 5.50. The summed E-state index contributed by atoms with van der Waals surface area (Å²) in [7, 11) is 0. The van der Waals surface area contributed by atoms with Crippen LogP contribution in [-0.2, 0) is 14.3 Å². The number of Topliss-reactive ketones (excluding diaryl/α,β-unsaturated/α-hetero) is 1. The van der Waals surface area contributed by atoms with Crippen LogP contribution in [0.5, 0.6) is 0 Å². The van der Waals surface area contributed by atoms with Crippen LogP contribution in [0.4, 0.5) is 10.1 Å². The summed E-state index contributed by atoms with van der Waals surface area (Å²) in [6.45, 7) is 2.19. The third kappa shape index (κ3) is 4.32. The van der Waals surface area contributed by atoms with Crippen LogP contribution in [-0.4, -0.2) is 29.4 Å². The molecule has 4 rings (SSSR count). The fourth-order valence-corrected chi connectivity index (χ4v) is 3.85. The van der Waals surface area contributed by atoms with Gasteiger partial charge in [-0.3, -0.25) is 14.5 Å². The SMILES string of the molecule is CCCOC(=O)c1ccc(N2C(=O)C(=O)/C(=C(/O)c3ccc(F)cc3)C2c2ccccc2)cc1. The van der Waals surface area contributed by atoms with Gasteiger partial charge in [-0.15, -0.1) is 0 Å². The molecule has 1 amide bonds. The topological polar surface area (TPSA) is 83.9 Å². The van der Waals surface area contributed by atoms with Crippen LogP contribution < -0.4 is 4.90 Å². The highest BCUT2D eigenvalue weighted by molar-refractivity contribution is 6.51. The summed E-state index contributed by atoms with van der Waals surface area (Å²) in [6, 6.07) is 19.1. The molecule has 0 saturated carbocycles. The molecule has 1 N–H and O–H groups in total. The quantitative estimate of drug-likeness (QED) is 0.242. The van der Waals surface area contributed by atoms with Gasteiger partial charge in [-0.1, -0.05) is 37.3 Å². The predicted molar refractivity (Wildman–Crippen MR) is 125 cm³/mol. The van der Waals surface area contributed by atoms with Crippen LogP contribution in [0, 0.1) is 5.82 Å². The highest BCUT2D eigenvalue weighted by Crippen LogP contribution is 2.42. The predicted octanol–water partition coefficient (Wildman–Crippen LogP) is 5.02. The number of benzene rings is 3. The maximum atomic E-state index is 13.4. The number of nitrogens with zero attached hydrogens (tertiary/aromatic N) is 1. The van der Waals surface area contributed by atoms with Crippen LogP contribution in [0.1, 0.15) is 40.9 Å². The zero-order chi connectivity index (χ0) is 24.2. The maximum Gasteiger partial charge on any atom is 0.338 e. The Morgan fingerprint density at radius 3 is 2.18 bits per heavy atom. The molecule has 1 heterocycles. The minimum Gasteiger partial charge on any atom is -0.507 e. The van der Waals surface area contributed by atoms with Gasteiger partial charge in [-0.05, 0) is 60.5 Å². The standard InChI is InChI=1S/C27H22FNO5/c1-2-16-34-27(33)19-10-14-21(15-11-19)29-23(17-6-4-3-5-7-17)22(25(31)26(29)32)24(30)18-8-12-20(28)13-9-18/h3-15,23,30H,2,16H2,1H3/b24-22+. The van der Waals surface area contributed by atoms with Crippen molar-refractivity contribution in [2.45, 2.75) is 19.4 Å². The zero-order valence-corrected chi connectivity index (χ0v) is 18.4. The Labute approximate surface area is 195 Å². The van der Waals surface area contributed by atoms with E-state index in [1.54, 1.807) is 42.5 Å². The lowest BCUT2D eigenvalue weighted by molar-refractivity contribution is -0.132.